The molecule has 0 radical (unpaired) electrons. The molecular formula is C13H18BrN3O2. The number of amides is 2. The minimum atomic E-state index is -0.648. The average Bonchev–Trinajstić information content (AvgIpc) is 2.35. The summed E-state index contributed by atoms with van der Waals surface area (Å²) in [6.07, 6.45) is 2.88. The first-order valence-corrected chi connectivity index (χ1v) is 7.08. The molecule has 6 heteroatoms. The summed E-state index contributed by atoms with van der Waals surface area (Å²) in [7, 11) is 0. The van der Waals surface area contributed by atoms with Gasteiger partial charge in [0.05, 0.1) is 21.5 Å². The van der Waals surface area contributed by atoms with Crippen molar-refractivity contribution in [3.8, 4) is 0 Å². The van der Waals surface area contributed by atoms with Crippen LogP contribution in [0.5, 0.6) is 0 Å². The summed E-state index contributed by atoms with van der Waals surface area (Å²) in [6.45, 7) is 4.82. The molecule has 0 aliphatic carbocycles. The first-order chi connectivity index (χ1) is 8.89. The van der Waals surface area contributed by atoms with Gasteiger partial charge < -0.3 is 15.3 Å². The van der Waals surface area contributed by atoms with E-state index in [1.165, 1.54) is 0 Å². The normalized spacial score (nSPS) is 18.2. The topological polar surface area (TPSA) is 65.5 Å². The van der Waals surface area contributed by atoms with Gasteiger partial charge in [0.15, 0.2) is 0 Å². The highest BCUT2D eigenvalue weighted by Crippen LogP contribution is 2.26. The molecular weight excluding hydrogens is 310 g/mol. The van der Waals surface area contributed by atoms with Crippen LogP contribution < -0.4 is 5.32 Å². The maximum atomic E-state index is 12.1. The van der Waals surface area contributed by atoms with E-state index in [0.29, 0.717) is 25.9 Å². The second-order valence-corrected chi connectivity index (χ2v) is 5.97. The van der Waals surface area contributed by atoms with Crippen LogP contribution in [0.4, 0.5) is 10.5 Å². The molecule has 0 atom stereocenters. The molecule has 0 bridgehead atoms. The summed E-state index contributed by atoms with van der Waals surface area (Å²) in [5, 5.41) is 12.7. The molecule has 2 rings (SSSR count). The van der Waals surface area contributed by atoms with Crippen LogP contribution in [-0.4, -0.2) is 39.7 Å². The first kappa shape index (κ1) is 14.3. The third-order valence-electron chi connectivity index (χ3n) is 3.43. The van der Waals surface area contributed by atoms with Crippen LogP contribution in [-0.2, 0) is 0 Å². The maximum Gasteiger partial charge on any atom is 0.321 e. The second kappa shape index (κ2) is 5.46. The minimum absolute atomic E-state index is 0.137. The monoisotopic (exact) mass is 327 g/mol. The van der Waals surface area contributed by atoms with Gasteiger partial charge >= 0.3 is 6.03 Å². The number of aromatic nitrogens is 1. The molecule has 2 heterocycles. The minimum Gasteiger partial charge on any atom is -0.390 e. The first-order valence-electron chi connectivity index (χ1n) is 6.28. The summed E-state index contributed by atoms with van der Waals surface area (Å²) in [5.41, 5.74) is 0.902. The van der Waals surface area contributed by atoms with Gasteiger partial charge in [0.1, 0.15) is 0 Å². The van der Waals surface area contributed by atoms with Gasteiger partial charge in [0, 0.05) is 19.3 Å². The number of anilines is 1. The molecule has 0 unspecified atom stereocenters. The molecule has 2 amide bonds. The van der Waals surface area contributed by atoms with Crippen molar-refractivity contribution < 1.29 is 9.90 Å². The van der Waals surface area contributed by atoms with E-state index in [1.807, 2.05) is 13.8 Å². The largest absolute Gasteiger partial charge is 0.390 e. The van der Waals surface area contributed by atoms with Crippen molar-refractivity contribution in [1.29, 1.82) is 0 Å². The fourth-order valence-corrected chi connectivity index (χ4v) is 2.36. The Balaban J connectivity index is 2.00. The summed E-state index contributed by atoms with van der Waals surface area (Å²) >= 11 is 3.42. The number of pyridine rings is 1. The molecule has 1 fully saturated rings. The van der Waals surface area contributed by atoms with Gasteiger partial charge in [-0.05, 0) is 48.7 Å². The number of piperidine rings is 1. The Kier molecular flexibility index (Phi) is 4.10. The summed E-state index contributed by atoms with van der Waals surface area (Å²) in [4.78, 5) is 18.0. The Morgan fingerprint density at radius 1 is 1.53 bits per heavy atom. The zero-order chi connectivity index (χ0) is 14.0. The number of aryl methyl sites for hydroxylation is 1. The number of hydrogen-bond donors (Lipinski definition) is 2. The molecule has 2 N–H and O–H groups in total. The number of rotatable bonds is 1. The van der Waals surface area contributed by atoms with E-state index in [9.17, 15) is 9.90 Å². The van der Waals surface area contributed by atoms with Crippen molar-refractivity contribution in [2.24, 2.45) is 0 Å². The number of likely N-dealkylation sites (tertiary alicyclic amines) is 1. The van der Waals surface area contributed by atoms with Gasteiger partial charge in [-0.15, -0.1) is 0 Å². The lowest BCUT2D eigenvalue weighted by molar-refractivity contribution is 0.00570. The number of hydrogen-bond acceptors (Lipinski definition) is 3. The third-order valence-corrected chi connectivity index (χ3v) is 4.43. The standard InChI is InChI=1S/C13H18BrN3O2/c1-9-11(14)10(3-6-15-9)16-12(18)17-7-4-13(2,19)5-8-17/h3,6,19H,4-5,7-8H2,1-2H3,(H,15,16,18). The van der Waals surface area contributed by atoms with Gasteiger partial charge in [0.25, 0.3) is 0 Å². The predicted octanol–water partition coefficient (Wildman–Crippen LogP) is 2.53. The zero-order valence-electron chi connectivity index (χ0n) is 11.1. The highest BCUT2D eigenvalue weighted by molar-refractivity contribution is 9.10. The van der Waals surface area contributed by atoms with E-state index in [1.54, 1.807) is 17.2 Å². The summed E-state index contributed by atoms with van der Waals surface area (Å²) in [6, 6.07) is 1.62. The number of carbonyl (C=O) groups excluding carboxylic acids is 1. The Labute approximate surface area is 121 Å². The highest BCUT2D eigenvalue weighted by atomic mass is 79.9. The number of halogens is 1. The Hall–Kier alpha value is -1.14. The number of urea groups is 1. The molecule has 1 aromatic rings. The van der Waals surface area contributed by atoms with Gasteiger partial charge in [-0.3, -0.25) is 4.98 Å². The van der Waals surface area contributed by atoms with Crippen LogP contribution in [0.25, 0.3) is 0 Å². The average molecular weight is 328 g/mol. The molecule has 0 aromatic carbocycles. The van der Waals surface area contributed by atoms with Crippen molar-refractivity contribution in [2.75, 3.05) is 18.4 Å². The Morgan fingerprint density at radius 3 is 2.79 bits per heavy atom. The van der Waals surface area contributed by atoms with Crippen molar-refractivity contribution in [1.82, 2.24) is 9.88 Å². The van der Waals surface area contributed by atoms with Gasteiger partial charge in [-0.2, -0.15) is 0 Å². The number of nitrogens with one attached hydrogen (secondary N) is 1. The summed E-state index contributed by atoms with van der Waals surface area (Å²) < 4.78 is 0.798. The molecule has 1 aliphatic rings. The van der Waals surface area contributed by atoms with Gasteiger partial charge in [-0.1, -0.05) is 0 Å². The number of aliphatic hydroxyl groups is 1. The number of nitrogens with zero attached hydrogens (tertiary/aromatic N) is 2. The SMILES string of the molecule is Cc1nccc(NC(=O)N2CCC(C)(O)CC2)c1Br. The van der Waals surface area contributed by atoms with Crippen LogP contribution in [0.15, 0.2) is 16.7 Å². The molecule has 19 heavy (non-hydrogen) atoms. The van der Waals surface area contributed by atoms with Crippen LogP contribution in [0, 0.1) is 6.92 Å². The van der Waals surface area contributed by atoms with Crippen LogP contribution in [0.3, 0.4) is 0 Å². The maximum absolute atomic E-state index is 12.1. The highest BCUT2D eigenvalue weighted by Gasteiger charge is 2.29. The fourth-order valence-electron chi connectivity index (χ4n) is 2.03. The smallest absolute Gasteiger partial charge is 0.321 e. The van der Waals surface area contributed by atoms with Gasteiger partial charge in [-0.25, -0.2) is 4.79 Å². The van der Waals surface area contributed by atoms with E-state index in [2.05, 4.69) is 26.2 Å². The molecule has 104 valence electrons. The third kappa shape index (κ3) is 3.45. The van der Waals surface area contributed by atoms with Crippen molar-refractivity contribution in [3.05, 3.63) is 22.4 Å². The molecule has 0 saturated carbocycles. The lowest BCUT2D eigenvalue weighted by Crippen LogP contribution is -2.46. The predicted molar refractivity (Wildman–Crippen MR) is 77.1 cm³/mol. The molecule has 1 aliphatic heterocycles. The van der Waals surface area contributed by atoms with Crippen LogP contribution >= 0.6 is 15.9 Å². The van der Waals surface area contributed by atoms with Crippen molar-refractivity contribution in [2.45, 2.75) is 32.3 Å². The molecule has 1 saturated heterocycles. The van der Waals surface area contributed by atoms with Crippen LogP contribution in [0.2, 0.25) is 0 Å². The van der Waals surface area contributed by atoms with E-state index < -0.39 is 5.60 Å². The van der Waals surface area contributed by atoms with Crippen molar-refractivity contribution >= 4 is 27.6 Å². The van der Waals surface area contributed by atoms with E-state index in [4.69, 9.17) is 0 Å². The lowest BCUT2D eigenvalue weighted by atomic mass is 9.94. The Bertz CT molecular complexity index is 481. The van der Waals surface area contributed by atoms with Crippen molar-refractivity contribution in [3.63, 3.8) is 0 Å². The zero-order valence-corrected chi connectivity index (χ0v) is 12.7. The molecule has 0 spiro atoms. The number of carbonyl (C=O) groups is 1. The van der Waals surface area contributed by atoms with Gasteiger partial charge in [0.2, 0.25) is 0 Å². The lowest BCUT2D eigenvalue weighted by Gasteiger charge is -2.35. The second-order valence-electron chi connectivity index (χ2n) is 5.17. The molecule has 1 aromatic heterocycles. The fraction of sp³-hybridized carbons (Fsp3) is 0.538. The van der Waals surface area contributed by atoms with E-state index in [-0.39, 0.29) is 6.03 Å². The van der Waals surface area contributed by atoms with E-state index >= 15 is 0 Å². The van der Waals surface area contributed by atoms with E-state index in [0.717, 1.165) is 15.9 Å². The Morgan fingerprint density at radius 2 is 2.16 bits per heavy atom. The summed E-state index contributed by atoms with van der Waals surface area (Å²) in [5.74, 6) is 0. The van der Waals surface area contributed by atoms with Crippen LogP contribution in [0.1, 0.15) is 25.5 Å². The molecule has 5 nitrogen and oxygen atoms in total. The quantitative estimate of drug-likeness (QED) is 0.833.